The van der Waals surface area contributed by atoms with Gasteiger partial charge in [-0.15, -0.1) is 0 Å². The zero-order chi connectivity index (χ0) is 13.8. The second-order valence-electron chi connectivity index (χ2n) is 3.65. The molecule has 1 aromatic heterocycles. The summed E-state index contributed by atoms with van der Waals surface area (Å²) in [6.45, 7) is 0. The zero-order valence-corrected chi connectivity index (χ0v) is 9.52. The lowest BCUT2D eigenvalue weighted by molar-refractivity contribution is 0.102. The SMILES string of the molecule is N#Cc1cc(NC(=O)c2cncc(F)c2)ccc1F. The van der Waals surface area contributed by atoms with Crippen molar-refractivity contribution in [2.45, 2.75) is 0 Å². The van der Waals surface area contributed by atoms with Crippen LogP contribution in [0.15, 0.2) is 36.7 Å². The van der Waals surface area contributed by atoms with E-state index in [0.717, 1.165) is 18.3 Å². The Hall–Kier alpha value is -2.81. The third-order valence-electron chi connectivity index (χ3n) is 2.31. The van der Waals surface area contributed by atoms with E-state index in [4.69, 9.17) is 5.26 Å². The second kappa shape index (κ2) is 5.23. The van der Waals surface area contributed by atoms with Crippen molar-refractivity contribution in [1.29, 1.82) is 5.26 Å². The molecule has 0 saturated heterocycles. The molecule has 94 valence electrons. The van der Waals surface area contributed by atoms with Gasteiger partial charge in [0.05, 0.1) is 17.3 Å². The highest BCUT2D eigenvalue weighted by Gasteiger charge is 2.09. The van der Waals surface area contributed by atoms with E-state index in [1.54, 1.807) is 6.07 Å². The summed E-state index contributed by atoms with van der Waals surface area (Å²) >= 11 is 0. The first-order valence-corrected chi connectivity index (χ1v) is 5.21. The Balaban J connectivity index is 2.22. The minimum Gasteiger partial charge on any atom is -0.322 e. The number of nitrogens with one attached hydrogen (secondary N) is 1. The van der Waals surface area contributed by atoms with Crippen molar-refractivity contribution < 1.29 is 13.6 Å². The van der Waals surface area contributed by atoms with Gasteiger partial charge in [0.2, 0.25) is 0 Å². The van der Waals surface area contributed by atoms with Crippen molar-refractivity contribution in [3.63, 3.8) is 0 Å². The molecule has 2 rings (SSSR count). The highest BCUT2D eigenvalue weighted by Crippen LogP contribution is 2.15. The lowest BCUT2D eigenvalue weighted by Crippen LogP contribution is -2.12. The zero-order valence-electron chi connectivity index (χ0n) is 9.52. The Bertz CT molecular complexity index is 680. The van der Waals surface area contributed by atoms with Gasteiger partial charge >= 0.3 is 0 Å². The molecule has 0 aliphatic rings. The van der Waals surface area contributed by atoms with Crippen LogP contribution in [-0.2, 0) is 0 Å². The number of halogens is 2. The van der Waals surface area contributed by atoms with Crippen LogP contribution in [0, 0.1) is 23.0 Å². The van der Waals surface area contributed by atoms with Gasteiger partial charge in [-0.2, -0.15) is 5.26 Å². The summed E-state index contributed by atoms with van der Waals surface area (Å²) in [6.07, 6.45) is 2.18. The van der Waals surface area contributed by atoms with Gasteiger partial charge in [0, 0.05) is 11.9 Å². The van der Waals surface area contributed by atoms with Crippen molar-refractivity contribution in [3.8, 4) is 6.07 Å². The molecule has 1 aromatic carbocycles. The van der Waals surface area contributed by atoms with Crippen LogP contribution < -0.4 is 5.32 Å². The molecule has 6 heteroatoms. The maximum Gasteiger partial charge on any atom is 0.257 e. The van der Waals surface area contributed by atoms with Crippen LogP contribution in [0.25, 0.3) is 0 Å². The van der Waals surface area contributed by atoms with Gasteiger partial charge in [-0.1, -0.05) is 0 Å². The Morgan fingerprint density at radius 2 is 2.05 bits per heavy atom. The lowest BCUT2D eigenvalue weighted by Gasteiger charge is -2.05. The van der Waals surface area contributed by atoms with Gasteiger partial charge in [0.1, 0.15) is 17.7 Å². The molecule has 0 aliphatic heterocycles. The van der Waals surface area contributed by atoms with Crippen LogP contribution in [0.2, 0.25) is 0 Å². The van der Waals surface area contributed by atoms with Gasteiger partial charge in [-0.05, 0) is 24.3 Å². The van der Waals surface area contributed by atoms with E-state index >= 15 is 0 Å². The molecule has 2 aromatic rings. The summed E-state index contributed by atoms with van der Waals surface area (Å²) in [5.41, 5.74) is 0.0882. The Kier molecular flexibility index (Phi) is 3.48. The maximum atomic E-state index is 13.1. The summed E-state index contributed by atoms with van der Waals surface area (Å²) in [5.74, 6) is -1.90. The number of amides is 1. The standard InChI is InChI=1S/C13H7F2N3O/c14-10-3-9(6-17-7-10)13(19)18-11-1-2-12(15)8(4-11)5-16/h1-4,6-7H,(H,18,19). The minimum absolute atomic E-state index is 0.0304. The normalized spacial score (nSPS) is 9.74. The van der Waals surface area contributed by atoms with Gasteiger partial charge in [0.25, 0.3) is 5.91 Å². The van der Waals surface area contributed by atoms with E-state index < -0.39 is 17.5 Å². The summed E-state index contributed by atoms with van der Waals surface area (Å²) in [5, 5.41) is 11.1. The highest BCUT2D eigenvalue weighted by molar-refractivity contribution is 6.04. The van der Waals surface area contributed by atoms with Crippen LogP contribution in [0.1, 0.15) is 15.9 Å². The average Bonchev–Trinajstić information content (AvgIpc) is 2.41. The topological polar surface area (TPSA) is 65.8 Å². The Morgan fingerprint density at radius 3 is 2.74 bits per heavy atom. The van der Waals surface area contributed by atoms with E-state index in [2.05, 4.69) is 10.3 Å². The molecular weight excluding hydrogens is 252 g/mol. The number of hydrogen-bond acceptors (Lipinski definition) is 3. The molecule has 19 heavy (non-hydrogen) atoms. The first kappa shape index (κ1) is 12.6. The van der Waals surface area contributed by atoms with E-state index in [1.807, 2.05) is 0 Å². The summed E-state index contributed by atoms with van der Waals surface area (Å²) in [7, 11) is 0. The molecule has 1 amide bonds. The molecule has 0 fully saturated rings. The molecule has 0 saturated carbocycles. The third-order valence-corrected chi connectivity index (χ3v) is 2.31. The first-order chi connectivity index (χ1) is 9.10. The molecule has 4 nitrogen and oxygen atoms in total. The number of hydrogen-bond donors (Lipinski definition) is 1. The molecule has 0 aliphatic carbocycles. The van der Waals surface area contributed by atoms with Crippen LogP contribution >= 0.6 is 0 Å². The number of aromatic nitrogens is 1. The van der Waals surface area contributed by atoms with Crippen LogP contribution in [0.5, 0.6) is 0 Å². The number of rotatable bonds is 2. The van der Waals surface area contributed by atoms with Crippen molar-refractivity contribution in [1.82, 2.24) is 4.98 Å². The number of carbonyl (C=O) groups excluding carboxylic acids is 1. The fraction of sp³-hybridized carbons (Fsp3) is 0. The van der Waals surface area contributed by atoms with Crippen LogP contribution in [0.3, 0.4) is 0 Å². The molecule has 0 spiro atoms. The predicted molar refractivity (Wildman–Crippen MR) is 63.3 cm³/mol. The fourth-order valence-corrected chi connectivity index (χ4v) is 1.43. The molecule has 0 bridgehead atoms. The lowest BCUT2D eigenvalue weighted by atomic mass is 10.2. The van der Waals surface area contributed by atoms with E-state index in [1.165, 1.54) is 18.3 Å². The second-order valence-corrected chi connectivity index (χ2v) is 3.65. The first-order valence-electron chi connectivity index (χ1n) is 5.21. The number of carbonyl (C=O) groups is 1. The number of benzene rings is 1. The quantitative estimate of drug-likeness (QED) is 0.901. The molecule has 0 atom stereocenters. The number of nitrogens with zero attached hydrogens (tertiary/aromatic N) is 2. The maximum absolute atomic E-state index is 13.1. The van der Waals surface area contributed by atoms with Crippen molar-refractivity contribution >= 4 is 11.6 Å². The average molecular weight is 259 g/mol. The van der Waals surface area contributed by atoms with Crippen LogP contribution in [-0.4, -0.2) is 10.9 Å². The Morgan fingerprint density at radius 1 is 1.26 bits per heavy atom. The fourth-order valence-electron chi connectivity index (χ4n) is 1.43. The minimum atomic E-state index is -0.673. The summed E-state index contributed by atoms with van der Waals surface area (Å²) in [6, 6.07) is 6.25. The van der Waals surface area contributed by atoms with Crippen molar-refractivity contribution in [2.24, 2.45) is 0 Å². The summed E-state index contributed by atoms with van der Waals surface area (Å²) in [4.78, 5) is 15.3. The van der Waals surface area contributed by atoms with Gasteiger partial charge in [-0.25, -0.2) is 8.78 Å². The molecule has 1 N–H and O–H groups in total. The highest BCUT2D eigenvalue weighted by atomic mass is 19.1. The number of anilines is 1. The van der Waals surface area contributed by atoms with E-state index in [-0.39, 0.29) is 16.8 Å². The van der Waals surface area contributed by atoms with Crippen LogP contribution in [0.4, 0.5) is 14.5 Å². The molecule has 0 unspecified atom stereocenters. The molecule has 0 radical (unpaired) electrons. The predicted octanol–water partition coefficient (Wildman–Crippen LogP) is 2.48. The van der Waals surface area contributed by atoms with Gasteiger partial charge < -0.3 is 5.32 Å². The largest absolute Gasteiger partial charge is 0.322 e. The third kappa shape index (κ3) is 2.90. The van der Waals surface area contributed by atoms with E-state index in [0.29, 0.717) is 0 Å². The van der Waals surface area contributed by atoms with Crippen molar-refractivity contribution in [2.75, 3.05) is 5.32 Å². The smallest absolute Gasteiger partial charge is 0.257 e. The molecular formula is C13H7F2N3O. The van der Waals surface area contributed by atoms with Gasteiger partial charge in [0.15, 0.2) is 0 Å². The van der Waals surface area contributed by atoms with Gasteiger partial charge in [-0.3, -0.25) is 9.78 Å². The summed E-state index contributed by atoms with van der Waals surface area (Å²) < 4.78 is 26.0. The van der Waals surface area contributed by atoms with E-state index in [9.17, 15) is 13.6 Å². The molecule has 1 heterocycles. The number of nitriles is 1. The van der Waals surface area contributed by atoms with Crippen molar-refractivity contribution in [3.05, 3.63) is 59.4 Å². The number of pyridine rings is 1. The Labute approximate surface area is 107 Å². The monoisotopic (exact) mass is 259 g/mol.